The van der Waals surface area contributed by atoms with Crippen LogP contribution >= 0.6 is 11.6 Å². The van der Waals surface area contributed by atoms with E-state index >= 15 is 0 Å². The monoisotopic (exact) mass is 527 g/mol. The van der Waals surface area contributed by atoms with Gasteiger partial charge in [0.25, 0.3) is 5.89 Å². The Hall–Kier alpha value is -3.13. The summed E-state index contributed by atoms with van der Waals surface area (Å²) in [7, 11) is 0. The van der Waals surface area contributed by atoms with Crippen molar-refractivity contribution >= 4 is 17.6 Å². The van der Waals surface area contributed by atoms with Crippen LogP contribution in [-0.4, -0.2) is 39.9 Å². The van der Waals surface area contributed by atoms with Crippen LogP contribution in [-0.2, 0) is 16.0 Å². The lowest BCUT2D eigenvalue weighted by molar-refractivity contribution is -0.155. The highest BCUT2D eigenvalue weighted by Gasteiger charge is 2.20. The molecule has 0 radical (unpaired) electrons. The number of esters is 1. The molecule has 0 unspecified atom stereocenters. The maximum atomic E-state index is 11.9. The minimum atomic E-state index is -0.494. The zero-order chi connectivity index (χ0) is 26.3. The van der Waals surface area contributed by atoms with Gasteiger partial charge < -0.3 is 18.7 Å². The fourth-order valence-electron chi connectivity index (χ4n) is 4.24. The topological polar surface area (TPSA) is 96.6 Å². The summed E-state index contributed by atoms with van der Waals surface area (Å²) >= 11 is 6.61. The average Bonchev–Trinajstić information content (AvgIpc) is 3.54. The lowest BCUT2D eigenvalue weighted by Crippen LogP contribution is -2.23. The molecule has 0 N–H and O–H groups in total. The van der Waals surface area contributed by atoms with E-state index in [4.69, 9.17) is 30.3 Å². The maximum Gasteiger partial charge on any atom is 0.306 e. The maximum absolute atomic E-state index is 11.9. The molecule has 0 aliphatic heterocycles. The molecular weight excluding hydrogens is 494 g/mol. The molecule has 1 saturated carbocycles. The summed E-state index contributed by atoms with van der Waals surface area (Å²) in [4.78, 5) is 20.8. The van der Waals surface area contributed by atoms with Gasteiger partial charge in [0.2, 0.25) is 5.88 Å². The van der Waals surface area contributed by atoms with Crippen molar-refractivity contribution in [2.75, 3.05) is 13.2 Å². The molecule has 9 heteroatoms. The molecule has 0 saturated heterocycles. The fraction of sp³-hybridized carbons (Fsp3) is 0.500. The van der Waals surface area contributed by atoms with Gasteiger partial charge in [0.1, 0.15) is 16.9 Å². The van der Waals surface area contributed by atoms with Gasteiger partial charge in [-0.05, 0) is 69.7 Å². The molecule has 2 heterocycles. The van der Waals surface area contributed by atoms with Crippen LogP contribution in [0.2, 0.25) is 5.02 Å². The van der Waals surface area contributed by atoms with Crippen LogP contribution in [0.15, 0.2) is 41.1 Å². The summed E-state index contributed by atoms with van der Waals surface area (Å²) in [6.45, 7) is 6.53. The summed E-state index contributed by atoms with van der Waals surface area (Å²) in [5.74, 6) is 2.22. The molecule has 2 aromatic heterocycles. The third kappa shape index (κ3) is 7.92. The Kier molecular flexibility index (Phi) is 9.03. The number of aromatic nitrogens is 3. The highest BCUT2D eigenvalue weighted by atomic mass is 35.5. The Morgan fingerprint density at radius 1 is 1.14 bits per heavy atom. The molecular formula is C28H34ClN3O5. The number of nitrogens with zero attached hydrogens (tertiary/aromatic N) is 3. The van der Waals surface area contributed by atoms with Crippen molar-refractivity contribution in [3.63, 3.8) is 0 Å². The molecule has 3 aromatic rings. The van der Waals surface area contributed by atoms with Gasteiger partial charge in [0.05, 0.1) is 18.2 Å². The van der Waals surface area contributed by atoms with E-state index < -0.39 is 5.60 Å². The molecule has 0 atom stereocenters. The first-order chi connectivity index (χ1) is 17.8. The molecule has 198 valence electrons. The van der Waals surface area contributed by atoms with E-state index in [2.05, 4.69) is 15.1 Å². The quantitative estimate of drug-likeness (QED) is 0.207. The van der Waals surface area contributed by atoms with E-state index in [0.29, 0.717) is 65.9 Å². The van der Waals surface area contributed by atoms with Crippen LogP contribution in [0.25, 0.3) is 11.5 Å². The van der Waals surface area contributed by atoms with Crippen molar-refractivity contribution in [3.05, 3.63) is 52.9 Å². The number of carbonyl (C=O) groups is 1. The molecule has 1 aromatic carbocycles. The van der Waals surface area contributed by atoms with E-state index in [9.17, 15) is 4.79 Å². The predicted octanol–water partition coefficient (Wildman–Crippen LogP) is 6.45. The van der Waals surface area contributed by atoms with Crippen molar-refractivity contribution in [1.82, 2.24) is 15.1 Å². The lowest BCUT2D eigenvalue weighted by Gasteiger charge is -2.19. The summed E-state index contributed by atoms with van der Waals surface area (Å²) in [6, 6.07) is 9.24. The second kappa shape index (κ2) is 12.4. The number of hydrogen-bond acceptors (Lipinski definition) is 8. The van der Waals surface area contributed by atoms with Crippen molar-refractivity contribution < 1.29 is 23.5 Å². The van der Waals surface area contributed by atoms with Crippen LogP contribution in [0.3, 0.4) is 0 Å². The Morgan fingerprint density at radius 2 is 1.95 bits per heavy atom. The van der Waals surface area contributed by atoms with Gasteiger partial charge in [-0.15, -0.1) is 0 Å². The largest absolute Gasteiger partial charge is 0.492 e. The van der Waals surface area contributed by atoms with Crippen LogP contribution < -0.4 is 9.47 Å². The number of hydrogen-bond donors (Lipinski definition) is 0. The first-order valence-corrected chi connectivity index (χ1v) is 13.2. The van der Waals surface area contributed by atoms with E-state index in [0.717, 1.165) is 5.56 Å². The Bertz CT molecular complexity index is 1180. The number of halogens is 1. The van der Waals surface area contributed by atoms with E-state index in [1.54, 1.807) is 12.3 Å². The minimum Gasteiger partial charge on any atom is -0.492 e. The second-order valence-electron chi connectivity index (χ2n) is 10.3. The summed E-state index contributed by atoms with van der Waals surface area (Å²) < 4.78 is 22.7. The summed E-state index contributed by atoms with van der Waals surface area (Å²) in [5, 5.41) is 4.62. The number of benzene rings is 1. The van der Waals surface area contributed by atoms with E-state index in [1.807, 2.05) is 45.0 Å². The molecule has 37 heavy (non-hydrogen) atoms. The molecule has 0 bridgehead atoms. The molecule has 1 aliphatic carbocycles. The fourth-order valence-corrected chi connectivity index (χ4v) is 4.49. The van der Waals surface area contributed by atoms with Crippen LogP contribution in [0, 0.1) is 5.92 Å². The number of rotatable bonds is 11. The van der Waals surface area contributed by atoms with Gasteiger partial charge in [0.15, 0.2) is 5.82 Å². The highest BCUT2D eigenvalue weighted by Crippen LogP contribution is 2.32. The normalized spacial score (nSPS) is 14.1. The van der Waals surface area contributed by atoms with Gasteiger partial charge in [-0.3, -0.25) is 4.79 Å². The minimum absolute atomic E-state index is 0.246. The molecule has 0 spiro atoms. The Balaban J connectivity index is 1.35. The smallest absolute Gasteiger partial charge is 0.306 e. The van der Waals surface area contributed by atoms with Crippen molar-refractivity contribution in [3.8, 4) is 23.1 Å². The first-order valence-electron chi connectivity index (χ1n) is 12.8. The molecule has 8 nitrogen and oxygen atoms in total. The van der Waals surface area contributed by atoms with Gasteiger partial charge in [0, 0.05) is 19.0 Å². The number of carbonyl (C=O) groups excluding carboxylic acids is 1. The van der Waals surface area contributed by atoms with Crippen molar-refractivity contribution in [2.24, 2.45) is 5.92 Å². The van der Waals surface area contributed by atoms with Crippen molar-refractivity contribution in [1.29, 1.82) is 0 Å². The highest BCUT2D eigenvalue weighted by molar-refractivity contribution is 6.32. The lowest BCUT2D eigenvalue weighted by atomic mass is 10.1. The van der Waals surface area contributed by atoms with Gasteiger partial charge in [-0.2, -0.15) is 4.98 Å². The standard InChI is InChI=1S/C28H34ClN3O5/c1-28(2,3)36-24(33)14-8-16-34-22-13-6-11-20(25(22)29)17-23-31-27(37-32-23)21-12-7-15-30-26(21)35-18-19-9-4-5-10-19/h6-7,11-13,15,19H,4-5,8-10,14,16-18H2,1-3H3. The van der Waals surface area contributed by atoms with Gasteiger partial charge >= 0.3 is 5.97 Å². The SMILES string of the molecule is CC(C)(C)OC(=O)CCCOc1cccc(Cc2noc(-c3cccnc3OCC3CCCC3)n2)c1Cl. The van der Waals surface area contributed by atoms with Gasteiger partial charge in [-0.25, -0.2) is 4.98 Å². The summed E-state index contributed by atoms with van der Waals surface area (Å²) in [6.07, 6.45) is 7.79. The predicted molar refractivity (Wildman–Crippen MR) is 140 cm³/mol. The zero-order valence-corrected chi connectivity index (χ0v) is 22.4. The van der Waals surface area contributed by atoms with E-state index in [-0.39, 0.29) is 12.4 Å². The molecule has 1 aliphatic rings. The van der Waals surface area contributed by atoms with Gasteiger partial charge in [-0.1, -0.05) is 41.7 Å². The molecule has 0 amide bonds. The van der Waals surface area contributed by atoms with Crippen LogP contribution in [0.5, 0.6) is 11.6 Å². The van der Waals surface area contributed by atoms with Crippen molar-refractivity contribution in [2.45, 2.75) is 71.3 Å². The zero-order valence-electron chi connectivity index (χ0n) is 21.7. The number of pyridine rings is 1. The average molecular weight is 528 g/mol. The van der Waals surface area contributed by atoms with E-state index in [1.165, 1.54) is 25.7 Å². The Morgan fingerprint density at radius 3 is 2.73 bits per heavy atom. The Labute approximate surface area is 222 Å². The first kappa shape index (κ1) is 26.9. The molecule has 4 rings (SSSR count). The molecule has 1 fully saturated rings. The third-order valence-electron chi connectivity index (χ3n) is 5.99. The second-order valence-corrected chi connectivity index (χ2v) is 10.7. The third-order valence-corrected chi connectivity index (χ3v) is 6.42. The van der Waals surface area contributed by atoms with Crippen LogP contribution in [0.1, 0.15) is 70.7 Å². The van der Waals surface area contributed by atoms with Crippen LogP contribution in [0.4, 0.5) is 0 Å². The number of ether oxygens (including phenoxy) is 3. The summed E-state index contributed by atoms with van der Waals surface area (Å²) in [5.41, 5.74) is 0.987.